The van der Waals surface area contributed by atoms with Gasteiger partial charge in [0.1, 0.15) is 0 Å². The highest BCUT2D eigenvalue weighted by Gasteiger charge is 2.18. The van der Waals surface area contributed by atoms with Gasteiger partial charge in [-0.15, -0.1) is 0 Å². The summed E-state index contributed by atoms with van der Waals surface area (Å²) in [5, 5.41) is 7.18. The van der Waals surface area contributed by atoms with Gasteiger partial charge in [-0.1, -0.05) is 0 Å². The maximum absolute atomic E-state index is 12.2. The van der Waals surface area contributed by atoms with E-state index in [0.717, 1.165) is 32.6 Å². The van der Waals surface area contributed by atoms with Crippen LogP contribution in [0.25, 0.3) is 0 Å². The third-order valence-corrected chi connectivity index (χ3v) is 3.40. The molecule has 0 saturated carbocycles. The van der Waals surface area contributed by atoms with Crippen molar-refractivity contribution in [1.82, 2.24) is 24.9 Å². The van der Waals surface area contributed by atoms with Crippen molar-refractivity contribution < 1.29 is 4.79 Å². The molecule has 1 atom stereocenters. The summed E-state index contributed by atoms with van der Waals surface area (Å²) in [5.41, 5.74) is 0. The van der Waals surface area contributed by atoms with E-state index in [-0.39, 0.29) is 12.1 Å². The molecular weight excluding hydrogens is 242 g/mol. The van der Waals surface area contributed by atoms with E-state index in [9.17, 15) is 4.79 Å². The molecule has 0 bridgehead atoms. The predicted molar refractivity (Wildman–Crippen MR) is 73.9 cm³/mol. The molecule has 1 aromatic heterocycles. The molecule has 2 rings (SSSR count). The van der Waals surface area contributed by atoms with E-state index in [2.05, 4.69) is 22.4 Å². The number of amides is 2. The van der Waals surface area contributed by atoms with E-state index in [1.165, 1.54) is 0 Å². The van der Waals surface area contributed by atoms with Gasteiger partial charge in [-0.3, -0.25) is 4.68 Å². The van der Waals surface area contributed by atoms with Crippen LogP contribution < -0.4 is 5.32 Å². The molecule has 1 saturated heterocycles. The zero-order chi connectivity index (χ0) is 13.7. The van der Waals surface area contributed by atoms with E-state index < -0.39 is 0 Å². The zero-order valence-corrected chi connectivity index (χ0v) is 11.7. The normalized spacial score (nSPS) is 18.9. The highest BCUT2D eigenvalue weighted by atomic mass is 16.2. The number of nitrogens with zero attached hydrogens (tertiary/aromatic N) is 4. The predicted octanol–water partition coefficient (Wildman–Crippen LogP) is 0.619. The van der Waals surface area contributed by atoms with Crippen LogP contribution in [0.1, 0.15) is 13.3 Å². The Morgan fingerprint density at radius 1 is 1.37 bits per heavy atom. The van der Waals surface area contributed by atoms with Crippen LogP contribution in [0.15, 0.2) is 18.5 Å². The van der Waals surface area contributed by atoms with Crippen LogP contribution in [0, 0.1) is 0 Å². The Hall–Kier alpha value is -1.56. The number of nitrogens with one attached hydrogen (secondary N) is 1. The fraction of sp³-hybridized carbons (Fsp3) is 0.692. The number of likely N-dealkylation sites (N-methyl/N-ethyl adjacent to an activating group) is 1. The fourth-order valence-corrected chi connectivity index (χ4v) is 2.29. The van der Waals surface area contributed by atoms with Crippen LogP contribution >= 0.6 is 0 Å². The third-order valence-electron chi connectivity index (χ3n) is 3.40. The zero-order valence-electron chi connectivity index (χ0n) is 11.7. The summed E-state index contributed by atoms with van der Waals surface area (Å²) in [5.74, 6) is 0. The third kappa shape index (κ3) is 4.24. The fourth-order valence-electron chi connectivity index (χ4n) is 2.29. The highest BCUT2D eigenvalue weighted by molar-refractivity contribution is 5.74. The number of rotatable bonds is 3. The average molecular weight is 265 g/mol. The number of hydrogen-bond donors (Lipinski definition) is 1. The van der Waals surface area contributed by atoms with E-state index in [1.54, 1.807) is 6.20 Å². The SMILES string of the molecule is C[C@@H](Cn1cccn1)NC(=O)N1CCCN(C)CC1. The number of hydrogen-bond acceptors (Lipinski definition) is 3. The topological polar surface area (TPSA) is 53.4 Å². The van der Waals surface area contributed by atoms with Crippen LogP contribution in [0.3, 0.4) is 0 Å². The van der Waals surface area contributed by atoms with Crippen LogP contribution in [-0.2, 0) is 6.54 Å². The lowest BCUT2D eigenvalue weighted by Gasteiger charge is -2.23. The van der Waals surface area contributed by atoms with Crippen molar-refractivity contribution in [2.75, 3.05) is 33.2 Å². The first kappa shape index (κ1) is 13.9. The van der Waals surface area contributed by atoms with Crippen molar-refractivity contribution in [3.8, 4) is 0 Å². The van der Waals surface area contributed by atoms with E-state index in [0.29, 0.717) is 6.54 Å². The molecule has 0 radical (unpaired) electrons. The second-order valence-electron chi connectivity index (χ2n) is 5.22. The Balaban J connectivity index is 1.79. The van der Waals surface area contributed by atoms with Gasteiger partial charge in [-0.05, 0) is 33.0 Å². The molecule has 106 valence electrons. The van der Waals surface area contributed by atoms with Crippen LogP contribution in [0.4, 0.5) is 4.79 Å². The highest BCUT2D eigenvalue weighted by Crippen LogP contribution is 2.02. The van der Waals surface area contributed by atoms with Crippen molar-refractivity contribution in [3.05, 3.63) is 18.5 Å². The van der Waals surface area contributed by atoms with Gasteiger partial charge in [0.15, 0.2) is 0 Å². The first-order chi connectivity index (χ1) is 9.15. The summed E-state index contributed by atoms with van der Waals surface area (Å²) in [7, 11) is 2.10. The standard InChI is InChI=1S/C13H23N5O/c1-12(11-18-8-3-5-14-18)15-13(19)17-7-4-6-16(2)9-10-17/h3,5,8,12H,4,6-7,9-11H2,1-2H3,(H,15,19)/t12-/m0/s1. The molecule has 6 nitrogen and oxygen atoms in total. The van der Waals surface area contributed by atoms with Gasteiger partial charge < -0.3 is 15.1 Å². The van der Waals surface area contributed by atoms with E-state index >= 15 is 0 Å². The van der Waals surface area contributed by atoms with Crippen molar-refractivity contribution in [3.63, 3.8) is 0 Å². The Morgan fingerprint density at radius 3 is 2.95 bits per heavy atom. The van der Waals surface area contributed by atoms with Gasteiger partial charge in [0, 0.05) is 38.1 Å². The second-order valence-corrected chi connectivity index (χ2v) is 5.22. The molecule has 6 heteroatoms. The lowest BCUT2D eigenvalue weighted by molar-refractivity contribution is 0.194. The summed E-state index contributed by atoms with van der Waals surface area (Å²) < 4.78 is 1.83. The Bertz CT molecular complexity index is 392. The minimum atomic E-state index is 0.0370. The summed E-state index contributed by atoms with van der Waals surface area (Å²) in [6.07, 6.45) is 4.69. The maximum Gasteiger partial charge on any atom is 0.317 e. The lowest BCUT2D eigenvalue weighted by Crippen LogP contribution is -2.46. The smallest absolute Gasteiger partial charge is 0.317 e. The minimum Gasteiger partial charge on any atom is -0.334 e. The number of carbonyl (C=O) groups excluding carboxylic acids is 1. The van der Waals surface area contributed by atoms with Gasteiger partial charge in [-0.2, -0.15) is 5.10 Å². The molecular formula is C13H23N5O. The van der Waals surface area contributed by atoms with Gasteiger partial charge in [0.25, 0.3) is 0 Å². The molecule has 0 spiro atoms. The molecule has 2 heterocycles. The van der Waals surface area contributed by atoms with Crippen LogP contribution in [0.5, 0.6) is 0 Å². The van der Waals surface area contributed by atoms with Gasteiger partial charge in [-0.25, -0.2) is 4.79 Å². The molecule has 0 unspecified atom stereocenters. The molecule has 2 amide bonds. The van der Waals surface area contributed by atoms with Crippen molar-refractivity contribution in [2.24, 2.45) is 0 Å². The second kappa shape index (κ2) is 6.56. The summed E-state index contributed by atoms with van der Waals surface area (Å²) >= 11 is 0. The summed E-state index contributed by atoms with van der Waals surface area (Å²) in [6, 6.07) is 2.00. The van der Waals surface area contributed by atoms with Crippen molar-refractivity contribution in [2.45, 2.75) is 25.9 Å². The largest absolute Gasteiger partial charge is 0.334 e. The monoisotopic (exact) mass is 265 g/mol. The van der Waals surface area contributed by atoms with Crippen LogP contribution in [-0.4, -0.2) is 64.9 Å². The molecule has 19 heavy (non-hydrogen) atoms. The number of aromatic nitrogens is 2. The Kier molecular flexibility index (Phi) is 4.79. The Morgan fingerprint density at radius 2 is 2.21 bits per heavy atom. The average Bonchev–Trinajstić information content (AvgIpc) is 2.76. The molecule has 1 aliphatic heterocycles. The molecule has 1 fully saturated rings. The minimum absolute atomic E-state index is 0.0370. The lowest BCUT2D eigenvalue weighted by atomic mass is 10.3. The first-order valence-corrected chi connectivity index (χ1v) is 6.86. The molecule has 1 N–H and O–H groups in total. The number of carbonyl (C=O) groups is 1. The first-order valence-electron chi connectivity index (χ1n) is 6.86. The molecule has 0 aliphatic carbocycles. The maximum atomic E-state index is 12.2. The number of urea groups is 1. The molecule has 0 aromatic carbocycles. The van der Waals surface area contributed by atoms with Crippen LogP contribution in [0.2, 0.25) is 0 Å². The summed E-state index contributed by atoms with van der Waals surface area (Å²) in [4.78, 5) is 16.3. The van der Waals surface area contributed by atoms with Gasteiger partial charge in [0.2, 0.25) is 0 Å². The molecule has 1 aromatic rings. The van der Waals surface area contributed by atoms with Gasteiger partial charge >= 0.3 is 6.03 Å². The van der Waals surface area contributed by atoms with Crippen molar-refractivity contribution in [1.29, 1.82) is 0 Å². The van der Waals surface area contributed by atoms with Crippen molar-refractivity contribution >= 4 is 6.03 Å². The Labute approximate surface area is 114 Å². The molecule has 1 aliphatic rings. The van der Waals surface area contributed by atoms with E-state index in [1.807, 2.05) is 28.8 Å². The van der Waals surface area contributed by atoms with Gasteiger partial charge in [0.05, 0.1) is 6.54 Å². The van der Waals surface area contributed by atoms with E-state index in [4.69, 9.17) is 0 Å². The quantitative estimate of drug-likeness (QED) is 0.871. The summed E-state index contributed by atoms with van der Waals surface area (Å²) in [6.45, 7) is 6.35.